The van der Waals surface area contributed by atoms with E-state index in [1.54, 1.807) is 0 Å². The minimum absolute atomic E-state index is 0.632. The van der Waals surface area contributed by atoms with Crippen LogP contribution in [0.25, 0.3) is 0 Å². The van der Waals surface area contributed by atoms with E-state index in [0.29, 0.717) is 12.1 Å². The molecule has 3 nitrogen and oxygen atoms in total. The molecule has 1 rings (SSSR count). The molecule has 2 N–H and O–H groups in total. The largest absolute Gasteiger partial charge is 0.380 e. The first-order chi connectivity index (χ1) is 6.25. The Bertz CT molecular complexity index is 135. The Morgan fingerprint density at radius 3 is 2.92 bits per heavy atom. The van der Waals surface area contributed by atoms with Gasteiger partial charge in [-0.1, -0.05) is 0 Å². The molecule has 0 aromatic carbocycles. The van der Waals surface area contributed by atoms with Crippen molar-refractivity contribution in [1.29, 1.82) is 0 Å². The van der Waals surface area contributed by atoms with Gasteiger partial charge in [0.1, 0.15) is 0 Å². The van der Waals surface area contributed by atoms with Crippen molar-refractivity contribution in [3.63, 3.8) is 0 Å². The van der Waals surface area contributed by atoms with Crippen LogP contribution in [0.15, 0.2) is 0 Å². The van der Waals surface area contributed by atoms with Crippen LogP contribution in [0.3, 0.4) is 0 Å². The highest BCUT2D eigenvalue weighted by Crippen LogP contribution is 2.15. The van der Waals surface area contributed by atoms with Crippen molar-refractivity contribution in [1.82, 2.24) is 4.90 Å². The molecule has 0 aliphatic carbocycles. The Labute approximate surface area is 81.2 Å². The zero-order valence-corrected chi connectivity index (χ0v) is 8.83. The summed E-state index contributed by atoms with van der Waals surface area (Å²) in [5.41, 5.74) is 5.49. The standard InChI is InChI=1S/C10H22N2O/c1-9(4-3-6-11)12(2)10-5-7-13-8-10/h9-10H,3-8,11H2,1-2H3. The van der Waals surface area contributed by atoms with Gasteiger partial charge >= 0.3 is 0 Å². The summed E-state index contributed by atoms with van der Waals surface area (Å²) in [6, 6.07) is 1.27. The predicted octanol–water partition coefficient (Wildman–Crippen LogP) is 0.834. The van der Waals surface area contributed by atoms with Crippen LogP contribution in [-0.2, 0) is 4.74 Å². The van der Waals surface area contributed by atoms with E-state index in [0.717, 1.165) is 26.2 Å². The van der Waals surface area contributed by atoms with E-state index >= 15 is 0 Å². The Hall–Kier alpha value is -0.120. The smallest absolute Gasteiger partial charge is 0.0622 e. The number of ether oxygens (including phenoxy) is 1. The monoisotopic (exact) mass is 186 g/mol. The summed E-state index contributed by atoms with van der Waals surface area (Å²) in [6.45, 7) is 4.91. The molecule has 2 unspecified atom stereocenters. The van der Waals surface area contributed by atoms with Crippen LogP contribution in [0.1, 0.15) is 26.2 Å². The first kappa shape index (κ1) is 11.0. The lowest BCUT2D eigenvalue weighted by Gasteiger charge is -2.29. The quantitative estimate of drug-likeness (QED) is 0.691. The number of likely N-dealkylation sites (N-methyl/N-ethyl adjacent to an activating group) is 1. The van der Waals surface area contributed by atoms with Gasteiger partial charge in [0.2, 0.25) is 0 Å². The maximum Gasteiger partial charge on any atom is 0.0622 e. The van der Waals surface area contributed by atoms with Gasteiger partial charge < -0.3 is 10.5 Å². The zero-order valence-electron chi connectivity index (χ0n) is 8.83. The summed E-state index contributed by atoms with van der Waals surface area (Å²) in [6.07, 6.45) is 3.51. The Morgan fingerprint density at radius 2 is 2.38 bits per heavy atom. The lowest BCUT2D eigenvalue weighted by atomic mass is 10.1. The van der Waals surface area contributed by atoms with Crippen molar-refractivity contribution in [2.75, 3.05) is 26.8 Å². The van der Waals surface area contributed by atoms with E-state index in [1.807, 2.05) is 0 Å². The summed E-state index contributed by atoms with van der Waals surface area (Å²) < 4.78 is 5.37. The second-order valence-corrected chi connectivity index (χ2v) is 3.96. The molecule has 0 spiro atoms. The summed E-state index contributed by atoms with van der Waals surface area (Å²) in [7, 11) is 2.19. The minimum atomic E-state index is 0.632. The van der Waals surface area contributed by atoms with Crippen molar-refractivity contribution in [3.8, 4) is 0 Å². The molecule has 0 radical (unpaired) electrons. The predicted molar refractivity (Wildman–Crippen MR) is 54.7 cm³/mol. The fourth-order valence-corrected chi connectivity index (χ4v) is 1.82. The lowest BCUT2D eigenvalue weighted by molar-refractivity contribution is 0.134. The number of nitrogens with two attached hydrogens (primary N) is 1. The van der Waals surface area contributed by atoms with E-state index in [4.69, 9.17) is 10.5 Å². The summed E-state index contributed by atoms with van der Waals surface area (Å²) in [4.78, 5) is 2.43. The highest BCUT2D eigenvalue weighted by Gasteiger charge is 2.23. The molecule has 78 valence electrons. The van der Waals surface area contributed by atoms with Crippen LogP contribution in [0.5, 0.6) is 0 Å². The van der Waals surface area contributed by atoms with Gasteiger partial charge in [-0.15, -0.1) is 0 Å². The fraction of sp³-hybridized carbons (Fsp3) is 1.00. The molecule has 1 aliphatic heterocycles. The number of nitrogens with zero attached hydrogens (tertiary/aromatic N) is 1. The summed E-state index contributed by atoms with van der Waals surface area (Å²) >= 11 is 0. The zero-order chi connectivity index (χ0) is 9.68. The normalized spacial score (nSPS) is 25.4. The summed E-state index contributed by atoms with van der Waals surface area (Å²) in [5, 5.41) is 0. The molecule has 1 saturated heterocycles. The number of rotatable bonds is 5. The first-order valence-corrected chi connectivity index (χ1v) is 5.25. The van der Waals surface area contributed by atoms with Gasteiger partial charge in [-0.05, 0) is 39.8 Å². The third kappa shape index (κ3) is 3.25. The van der Waals surface area contributed by atoms with Crippen LogP contribution < -0.4 is 5.73 Å². The maximum absolute atomic E-state index is 5.49. The van der Waals surface area contributed by atoms with E-state index < -0.39 is 0 Å². The van der Waals surface area contributed by atoms with Gasteiger partial charge in [0.15, 0.2) is 0 Å². The third-order valence-corrected chi connectivity index (χ3v) is 3.00. The topological polar surface area (TPSA) is 38.5 Å². The van der Waals surface area contributed by atoms with Gasteiger partial charge in [-0.3, -0.25) is 4.90 Å². The minimum Gasteiger partial charge on any atom is -0.380 e. The maximum atomic E-state index is 5.49. The van der Waals surface area contributed by atoms with Gasteiger partial charge in [0, 0.05) is 18.7 Å². The van der Waals surface area contributed by atoms with Crippen LogP contribution in [0.4, 0.5) is 0 Å². The molecule has 0 aromatic rings. The van der Waals surface area contributed by atoms with Crippen molar-refractivity contribution >= 4 is 0 Å². The molecule has 2 atom stereocenters. The van der Waals surface area contributed by atoms with Crippen LogP contribution in [0, 0.1) is 0 Å². The molecule has 13 heavy (non-hydrogen) atoms. The molecule has 3 heteroatoms. The summed E-state index contributed by atoms with van der Waals surface area (Å²) in [5.74, 6) is 0. The van der Waals surface area contributed by atoms with Crippen LogP contribution in [0.2, 0.25) is 0 Å². The van der Waals surface area contributed by atoms with Gasteiger partial charge in [-0.25, -0.2) is 0 Å². The second-order valence-electron chi connectivity index (χ2n) is 3.96. The van der Waals surface area contributed by atoms with Gasteiger partial charge in [-0.2, -0.15) is 0 Å². The number of hydrogen-bond acceptors (Lipinski definition) is 3. The van der Waals surface area contributed by atoms with E-state index in [9.17, 15) is 0 Å². The van der Waals surface area contributed by atoms with Crippen molar-refractivity contribution in [2.45, 2.75) is 38.3 Å². The average Bonchev–Trinajstić information content (AvgIpc) is 2.65. The Balaban J connectivity index is 2.23. The molecular weight excluding hydrogens is 164 g/mol. The van der Waals surface area contributed by atoms with E-state index in [1.165, 1.54) is 12.8 Å². The highest BCUT2D eigenvalue weighted by atomic mass is 16.5. The molecule has 0 saturated carbocycles. The molecule has 1 fully saturated rings. The van der Waals surface area contributed by atoms with E-state index in [-0.39, 0.29) is 0 Å². The molecule has 0 bridgehead atoms. The molecular formula is C10H22N2O. The first-order valence-electron chi connectivity index (χ1n) is 5.25. The Morgan fingerprint density at radius 1 is 1.62 bits per heavy atom. The molecule has 0 amide bonds. The molecule has 0 aromatic heterocycles. The fourth-order valence-electron chi connectivity index (χ4n) is 1.82. The lowest BCUT2D eigenvalue weighted by Crippen LogP contribution is -2.39. The van der Waals surface area contributed by atoms with Crippen molar-refractivity contribution in [3.05, 3.63) is 0 Å². The highest BCUT2D eigenvalue weighted by molar-refractivity contribution is 4.77. The SMILES string of the molecule is CC(CCCN)N(C)C1CCOC1. The number of hydrogen-bond donors (Lipinski definition) is 1. The average molecular weight is 186 g/mol. The second kappa shape index (κ2) is 5.58. The Kier molecular flexibility index (Phi) is 4.70. The van der Waals surface area contributed by atoms with Gasteiger partial charge in [0.05, 0.1) is 6.61 Å². The van der Waals surface area contributed by atoms with E-state index in [2.05, 4.69) is 18.9 Å². The third-order valence-electron chi connectivity index (χ3n) is 3.00. The van der Waals surface area contributed by atoms with Crippen molar-refractivity contribution in [2.24, 2.45) is 5.73 Å². The molecule has 1 heterocycles. The molecule has 1 aliphatic rings. The van der Waals surface area contributed by atoms with Gasteiger partial charge in [0.25, 0.3) is 0 Å². The van der Waals surface area contributed by atoms with Crippen molar-refractivity contribution < 1.29 is 4.74 Å². The van der Waals surface area contributed by atoms with Crippen LogP contribution >= 0.6 is 0 Å². The van der Waals surface area contributed by atoms with Crippen LogP contribution in [-0.4, -0.2) is 43.8 Å².